The first-order valence-corrected chi connectivity index (χ1v) is 6.11. The number of alkyl halides is 1. The van der Waals surface area contributed by atoms with Crippen LogP contribution in [0.3, 0.4) is 0 Å². The Bertz CT molecular complexity index is 279. The summed E-state index contributed by atoms with van der Waals surface area (Å²) in [7, 11) is 0. The van der Waals surface area contributed by atoms with Crippen molar-refractivity contribution in [2.45, 2.75) is 26.7 Å². The van der Waals surface area contributed by atoms with Gasteiger partial charge in [-0.3, -0.25) is 4.99 Å². The number of hydrogen-bond donors (Lipinski definition) is 0. The average Bonchev–Trinajstić information content (AvgIpc) is 2.15. The Balaban J connectivity index is 4.48. The lowest BCUT2D eigenvalue weighted by Crippen LogP contribution is -1.89. The molecule has 0 rings (SSSR count). The molecule has 0 saturated heterocycles. The summed E-state index contributed by atoms with van der Waals surface area (Å²) in [5.41, 5.74) is 2.31. The molecule has 76 valence electrons. The van der Waals surface area contributed by atoms with Gasteiger partial charge in [-0.1, -0.05) is 34.7 Å². The van der Waals surface area contributed by atoms with Gasteiger partial charge in [-0.15, -0.1) is 12.3 Å². The van der Waals surface area contributed by atoms with E-state index in [0.29, 0.717) is 0 Å². The van der Waals surface area contributed by atoms with Crippen molar-refractivity contribution in [2.24, 2.45) is 4.99 Å². The van der Waals surface area contributed by atoms with Crippen LogP contribution in [0.2, 0.25) is 0 Å². The van der Waals surface area contributed by atoms with Crippen LogP contribution in [0.4, 0.5) is 0 Å². The van der Waals surface area contributed by atoms with Gasteiger partial charge >= 0.3 is 0 Å². The molecule has 0 aliphatic rings. The highest BCUT2D eigenvalue weighted by Crippen LogP contribution is 2.07. The summed E-state index contributed by atoms with van der Waals surface area (Å²) in [5, 5.41) is 0. The molecule has 0 unspecified atom stereocenters. The zero-order valence-electron chi connectivity index (χ0n) is 8.76. The molecule has 0 radical (unpaired) electrons. The molecule has 0 aliphatic carbocycles. The first-order valence-electron chi connectivity index (χ1n) is 4.58. The van der Waals surface area contributed by atoms with E-state index in [2.05, 4.69) is 45.7 Å². The molecule has 0 aromatic rings. The van der Waals surface area contributed by atoms with Crippen molar-refractivity contribution in [2.75, 3.05) is 4.55 Å². The Morgan fingerprint density at radius 2 is 2.29 bits per heavy atom. The van der Waals surface area contributed by atoms with E-state index in [0.717, 1.165) is 23.1 Å². The summed E-state index contributed by atoms with van der Waals surface area (Å²) in [6.45, 7) is 4.02. The number of hydrogen-bond acceptors (Lipinski definition) is 1. The molecule has 0 fully saturated rings. The molecule has 0 saturated carbocycles. The van der Waals surface area contributed by atoms with E-state index in [4.69, 9.17) is 6.42 Å². The third-order valence-electron chi connectivity index (χ3n) is 1.64. The van der Waals surface area contributed by atoms with Crippen molar-refractivity contribution in [3.63, 3.8) is 0 Å². The Kier molecular flexibility index (Phi) is 8.65. The largest absolute Gasteiger partial charge is 0.280 e. The summed E-state index contributed by atoms with van der Waals surface area (Å²) in [6, 6.07) is 0. The van der Waals surface area contributed by atoms with Gasteiger partial charge in [0, 0.05) is 12.1 Å². The molecule has 0 amide bonds. The maximum absolute atomic E-state index is 5.23. The van der Waals surface area contributed by atoms with Crippen molar-refractivity contribution in [1.29, 1.82) is 0 Å². The fourth-order valence-corrected chi connectivity index (χ4v) is 1.58. The van der Waals surface area contributed by atoms with Gasteiger partial charge in [-0.2, -0.15) is 0 Å². The van der Waals surface area contributed by atoms with E-state index in [-0.39, 0.29) is 0 Å². The van der Waals surface area contributed by atoms with Crippen LogP contribution >= 0.6 is 22.6 Å². The molecule has 0 heterocycles. The minimum Gasteiger partial charge on any atom is -0.280 e. The number of halogens is 1. The second-order valence-electron chi connectivity index (χ2n) is 2.84. The maximum atomic E-state index is 5.23. The summed E-state index contributed by atoms with van der Waals surface area (Å²) >= 11 is 2.23. The van der Waals surface area contributed by atoms with Crippen LogP contribution in [0.1, 0.15) is 26.7 Å². The van der Waals surface area contributed by atoms with Gasteiger partial charge < -0.3 is 0 Å². The molecular formula is C12H16IN. The lowest BCUT2D eigenvalue weighted by molar-refractivity contribution is 1.04. The van der Waals surface area contributed by atoms with Crippen LogP contribution in [0.25, 0.3) is 0 Å². The third-order valence-corrected chi connectivity index (χ3v) is 1.98. The van der Waals surface area contributed by atoms with Crippen molar-refractivity contribution in [3.05, 3.63) is 23.8 Å². The fourth-order valence-electron chi connectivity index (χ4n) is 1.04. The highest BCUT2D eigenvalue weighted by molar-refractivity contribution is 14.1. The smallest absolute Gasteiger partial charge is 0.0907 e. The van der Waals surface area contributed by atoms with E-state index in [1.165, 1.54) is 5.57 Å². The number of nitrogens with zero attached hydrogens (tertiary/aromatic N) is 1. The van der Waals surface area contributed by atoms with Crippen LogP contribution in [0, 0.1) is 12.3 Å². The predicted octanol–water partition coefficient (Wildman–Crippen LogP) is 3.76. The molecule has 0 N–H and O–H groups in total. The number of aliphatic imine (C=N–C) groups is 1. The van der Waals surface area contributed by atoms with E-state index in [1.54, 1.807) is 0 Å². The number of rotatable bonds is 5. The van der Waals surface area contributed by atoms with E-state index >= 15 is 0 Å². The predicted molar refractivity (Wildman–Crippen MR) is 73.0 cm³/mol. The highest BCUT2D eigenvalue weighted by atomic mass is 127. The molecule has 2 heteroatoms. The van der Waals surface area contributed by atoms with Gasteiger partial charge in [0.2, 0.25) is 0 Å². The zero-order chi connectivity index (χ0) is 10.8. The van der Waals surface area contributed by atoms with Gasteiger partial charge in [0.15, 0.2) is 0 Å². The lowest BCUT2D eigenvalue weighted by atomic mass is 10.1. The highest BCUT2D eigenvalue weighted by Gasteiger charge is 1.92. The normalized spacial score (nSPS) is 13.3. The van der Waals surface area contributed by atoms with Gasteiger partial charge in [0.25, 0.3) is 0 Å². The van der Waals surface area contributed by atoms with Crippen molar-refractivity contribution >= 4 is 28.3 Å². The summed E-state index contributed by atoms with van der Waals surface area (Å²) in [6.07, 6.45) is 13.1. The molecule has 0 bridgehead atoms. The summed E-state index contributed by atoms with van der Waals surface area (Å²) < 4.78 is 0.804. The van der Waals surface area contributed by atoms with Gasteiger partial charge in [0.1, 0.15) is 0 Å². The van der Waals surface area contributed by atoms with Crippen molar-refractivity contribution < 1.29 is 0 Å². The molecule has 0 aromatic carbocycles. The molecule has 0 aromatic heterocycles. The lowest BCUT2D eigenvalue weighted by Gasteiger charge is -1.98. The Morgan fingerprint density at radius 1 is 1.57 bits per heavy atom. The topological polar surface area (TPSA) is 12.4 Å². The Morgan fingerprint density at radius 3 is 2.79 bits per heavy atom. The molecule has 14 heavy (non-hydrogen) atoms. The SMILES string of the molecule is C#CCCC(/C=C\C)=C/C(C)=N/CI. The molecule has 0 atom stereocenters. The minimum atomic E-state index is 0.785. The van der Waals surface area contributed by atoms with Crippen molar-refractivity contribution in [3.8, 4) is 12.3 Å². The van der Waals surface area contributed by atoms with E-state index in [1.807, 2.05) is 19.9 Å². The second-order valence-corrected chi connectivity index (χ2v) is 3.52. The summed E-state index contributed by atoms with van der Waals surface area (Å²) in [5.74, 6) is 2.65. The van der Waals surface area contributed by atoms with E-state index < -0.39 is 0 Å². The van der Waals surface area contributed by atoms with Crippen LogP contribution in [0.5, 0.6) is 0 Å². The monoisotopic (exact) mass is 301 g/mol. The molecule has 0 aliphatic heterocycles. The first-order chi connectivity index (χ1) is 6.74. The van der Waals surface area contributed by atoms with Crippen LogP contribution in [-0.4, -0.2) is 10.3 Å². The van der Waals surface area contributed by atoms with Crippen LogP contribution < -0.4 is 0 Å². The Hall–Kier alpha value is -0.560. The number of terminal acetylenes is 1. The van der Waals surface area contributed by atoms with Crippen molar-refractivity contribution in [1.82, 2.24) is 0 Å². The quantitative estimate of drug-likeness (QED) is 0.183. The van der Waals surface area contributed by atoms with E-state index in [9.17, 15) is 0 Å². The van der Waals surface area contributed by atoms with Gasteiger partial charge in [-0.25, -0.2) is 0 Å². The fraction of sp³-hybridized carbons (Fsp3) is 0.417. The maximum Gasteiger partial charge on any atom is 0.0907 e. The first kappa shape index (κ1) is 13.4. The van der Waals surface area contributed by atoms with Crippen LogP contribution in [-0.2, 0) is 0 Å². The molecule has 1 nitrogen and oxygen atoms in total. The van der Waals surface area contributed by atoms with Crippen LogP contribution in [0.15, 0.2) is 28.8 Å². The minimum absolute atomic E-state index is 0.785. The standard InChI is InChI=1S/C12H16IN/c1-4-6-8-12(7-5-2)9-11(3)14-10-13/h1,5,7,9H,6,8,10H2,2-3H3/b7-5-,12-9+,14-11+. The Labute approximate surface area is 101 Å². The third kappa shape index (κ3) is 6.90. The summed E-state index contributed by atoms with van der Waals surface area (Å²) in [4.78, 5) is 4.30. The zero-order valence-corrected chi connectivity index (χ0v) is 10.9. The average molecular weight is 301 g/mol. The number of allylic oxidation sites excluding steroid dienone is 4. The second kappa shape index (κ2) is 9.01. The molecular weight excluding hydrogens is 285 g/mol. The van der Waals surface area contributed by atoms with Gasteiger partial charge in [-0.05, 0) is 31.9 Å². The van der Waals surface area contributed by atoms with Gasteiger partial charge in [0.05, 0.1) is 4.55 Å². The molecule has 0 spiro atoms.